The lowest BCUT2D eigenvalue weighted by Crippen LogP contribution is -2.13. The summed E-state index contributed by atoms with van der Waals surface area (Å²) in [6.07, 6.45) is 3.53. The minimum atomic E-state index is -3.75. The molecule has 0 unspecified atom stereocenters. The summed E-state index contributed by atoms with van der Waals surface area (Å²) in [4.78, 5) is 0.126. The van der Waals surface area contributed by atoms with Crippen molar-refractivity contribution in [2.24, 2.45) is 5.14 Å². The zero-order valence-corrected chi connectivity index (χ0v) is 11.8. The molecule has 6 heteroatoms. The Morgan fingerprint density at radius 2 is 1.57 bits per heavy atom. The van der Waals surface area contributed by atoms with Crippen molar-refractivity contribution < 1.29 is 8.42 Å². The third-order valence-corrected chi connectivity index (χ3v) is 4.19. The molecule has 1 aromatic heterocycles. The Balaban J connectivity index is 2.07. The van der Waals surface area contributed by atoms with Crippen molar-refractivity contribution in [1.82, 2.24) is 10.2 Å². The highest BCUT2D eigenvalue weighted by Gasteiger charge is 2.14. The van der Waals surface area contributed by atoms with Gasteiger partial charge in [-0.3, -0.25) is 5.10 Å². The Morgan fingerprint density at radius 3 is 2.19 bits per heavy atom. The highest BCUT2D eigenvalue weighted by atomic mass is 32.2. The van der Waals surface area contributed by atoms with Gasteiger partial charge in [-0.1, -0.05) is 42.5 Å². The molecule has 0 aliphatic heterocycles. The molecule has 3 N–H and O–H groups in total. The van der Waals surface area contributed by atoms with Crippen LogP contribution in [0, 0.1) is 0 Å². The molecule has 0 saturated heterocycles. The average molecular weight is 299 g/mol. The molecule has 0 spiro atoms. The molecule has 21 heavy (non-hydrogen) atoms. The highest BCUT2D eigenvalue weighted by molar-refractivity contribution is 7.89. The molecule has 106 valence electrons. The number of nitrogens with zero attached hydrogens (tertiary/aromatic N) is 1. The van der Waals surface area contributed by atoms with Crippen LogP contribution < -0.4 is 5.14 Å². The van der Waals surface area contributed by atoms with Crippen LogP contribution in [0.3, 0.4) is 0 Å². The summed E-state index contributed by atoms with van der Waals surface area (Å²) in [5.41, 5.74) is 3.37. The van der Waals surface area contributed by atoms with E-state index < -0.39 is 10.0 Å². The van der Waals surface area contributed by atoms with E-state index in [0.717, 1.165) is 16.7 Å². The minimum absolute atomic E-state index is 0.126. The minimum Gasteiger partial charge on any atom is -0.285 e. The lowest BCUT2D eigenvalue weighted by molar-refractivity contribution is 0.598. The van der Waals surface area contributed by atoms with Gasteiger partial charge in [0.2, 0.25) is 10.0 Å². The largest absolute Gasteiger partial charge is 0.285 e. The fraction of sp³-hybridized carbons (Fsp3) is 0. The van der Waals surface area contributed by atoms with E-state index in [-0.39, 0.29) is 4.90 Å². The summed E-state index contributed by atoms with van der Waals surface area (Å²) in [6, 6.07) is 14.3. The maximum absolute atomic E-state index is 11.6. The molecule has 0 fully saturated rings. The second-order valence-electron chi connectivity index (χ2n) is 4.61. The van der Waals surface area contributed by atoms with Gasteiger partial charge in [-0.2, -0.15) is 5.10 Å². The van der Waals surface area contributed by atoms with Crippen LogP contribution in [-0.4, -0.2) is 18.6 Å². The first kappa shape index (κ1) is 13.5. The van der Waals surface area contributed by atoms with Crippen LogP contribution in [0.1, 0.15) is 0 Å². The van der Waals surface area contributed by atoms with Crippen molar-refractivity contribution in [3.8, 4) is 22.3 Å². The molecular formula is C15H13N3O2S. The SMILES string of the molecule is NS(=O)(=O)c1ccccc1-c1ccc(-c2cn[nH]c2)cc1. The Morgan fingerprint density at radius 1 is 0.905 bits per heavy atom. The van der Waals surface area contributed by atoms with Crippen molar-refractivity contribution in [3.05, 3.63) is 60.9 Å². The van der Waals surface area contributed by atoms with E-state index >= 15 is 0 Å². The van der Waals surface area contributed by atoms with Gasteiger partial charge in [-0.05, 0) is 17.2 Å². The smallest absolute Gasteiger partial charge is 0.238 e. The fourth-order valence-electron chi connectivity index (χ4n) is 2.20. The Hall–Kier alpha value is -2.44. The lowest BCUT2D eigenvalue weighted by Gasteiger charge is -2.08. The maximum Gasteiger partial charge on any atom is 0.238 e. The standard InChI is InChI=1S/C15H13N3O2S/c16-21(19,20)15-4-2-1-3-14(15)12-7-5-11(6-8-12)13-9-17-18-10-13/h1-10H,(H,17,18)(H2,16,19,20). The summed E-state index contributed by atoms with van der Waals surface area (Å²) in [7, 11) is -3.75. The number of H-pyrrole nitrogens is 1. The number of rotatable bonds is 3. The van der Waals surface area contributed by atoms with Crippen LogP contribution in [-0.2, 0) is 10.0 Å². The first-order chi connectivity index (χ1) is 10.1. The number of nitrogens with two attached hydrogens (primary N) is 1. The number of benzene rings is 2. The Bertz CT molecular complexity index is 854. The molecule has 0 amide bonds. The molecule has 0 atom stereocenters. The van der Waals surface area contributed by atoms with Gasteiger partial charge in [0.1, 0.15) is 0 Å². The molecule has 3 rings (SSSR count). The number of aromatic nitrogens is 2. The fourth-order valence-corrected chi connectivity index (χ4v) is 2.96. The van der Waals surface area contributed by atoms with Crippen LogP contribution in [0.25, 0.3) is 22.3 Å². The van der Waals surface area contributed by atoms with Gasteiger partial charge in [0.25, 0.3) is 0 Å². The van der Waals surface area contributed by atoms with E-state index in [0.29, 0.717) is 5.56 Å². The van der Waals surface area contributed by atoms with Gasteiger partial charge < -0.3 is 0 Å². The van der Waals surface area contributed by atoms with Crippen LogP contribution in [0.15, 0.2) is 65.8 Å². The number of hydrogen-bond donors (Lipinski definition) is 2. The van der Waals surface area contributed by atoms with E-state index in [9.17, 15) is 8.42 Å². The van der Waals surface area contributed by atoms with E-state index in [2.05, 4.69) is 10.2 Å². The number of aromatic amines is 1. The molecule has 0 aliphatic carbocycles. The Kier molecular flexibility index (Phi) is 3.32. The van der Waals surface area contributed by atoms with E-state index in [1.807, 2.05) is 24.3 Å². The zero-order valence-electron chi connectivity index (χ0n) is 11.0. The molecule has 1 heterocycles. The number of primary sulfonamides is 1. The van der Waals surface area contributed by atoms with Crippen LogP contribution in [0.5, 0.6) is 0 Å². The van der Waals surface area contributed by atoms with Crippen molar-refractivity contribution in [3.63, 3.8) is 0 Å². The van der Waals surface area contributed by atoms with Crippen LogP contribution in [0.2, 0.25) is 0 Å². The molecule has 0 bridgehead atoms. The molecule has 0 radical (unpaired) electrons. The van der Waals surface area contributed by atoms with Gasteiger partial charge >= 0.3 is 0 Å². The van der Waals surface area contributed by atoms with Gasteiger partial charge in [0, 0.05) is 17.3 Å². The third-order valence-electron chi connectivity index (χ3n) is 3.22. The second-order valence-corrected chi connectivity index (χ2v) is 6.14. The molecule has 3 aromatic rings. The second kappa shape index (κ2) is 5.16. The first-order valence-electron chi connectivity index (χ1n) is 6.27. The lowest BCUT2D eigenvalue weighted by atomic mass is 10.0. The van der Waals surface area contributed by atoms with Crippen LogP contribution >= 0.6 is 0 Å². The average Bonchev–Trinajstić information content (AvgIpc) is 3.01. The normalized spacial score (nSPS) is 11.5. The van der Waals surface area contributed by atoms with Crippen molar-refractivity contribution in [2.45, 2.75) is 4.90 Å². The maximum atomic E-state index is 11.6. The van der Waals surface area contributed by atoms with E-state index in [4.69, 9.17) is 5.14 Å². The van der Waals surface area contributed by atoms with Gasteiger partial charge in [0.05, 0.1) is 11.1 Å². The monoisotopic (exact) mass is 299 g/mol. The molecular weight excluding hydrogens is 286 g/mol. The van der Waals surface area contributed by atoms with Crippen molar-refractivity contribution >= 4 is 10.0 Å². The molecule has 0 saturated carbocycles. The predicted octanol–water partition coefficient (Wildman–Crippen LogP) is 2.39. The number of hydrogen-bond acceptors (Lipinski definition) is 3. The number of nitrogens with one attached hydrogen (secondary N) is 1. The summed E-state index contributed by atoms with van der Waals surface area (Å²) >= 11 is 0. The topological polar surface area (TPSA) is 88.8 Å². The Labute approximate surface area is 122 Å². The van der Waals surface area contributed by atoms with Gasteiger partial charge in [0.15, 0.2) is 0 Å². The van der Waals surface area contributed by atoms with Gasteiger partial charge in [-0.25, -0.2) is 13.6 Å². The summed E-state index contributed by atoms with van der Waals surface area (Å²) in [5.74, 6) is 0. The third kappa shape index (κ3) is 2.72. The summed E-state index contributed by atoms with van der Waals surface area (Å²) in [6.45, 7) is 0. The summed E-state index contributed by atoms with van der Waals surface area (Å²) < 4.78 is 23.3. The first-order valence-corrected chi connectivity index (χ1v) is 7.82. The molecule has 2 aromatic carbocycles. The predicted molar refractivity (Wildman–Crippen MR) is 80.8 cm³/mol. The van der Waals surface area contributed by atoms with E-state index in [1.54, 1.807) is 30.6 Å². The van der Waals surface area contributed by atoms with Crippen molar-refractivity contribution in [2.75, 3.05) is 0 Å². The highest BCUT2D eigenvalue weighted by Crippen LogP contribution is 2.28. The quantitative estimate of drug-likeness (QED) is 0.778. The molecule has 5 nitrogen and oxygen atoms in total. The molecule has 0 aliphatic rings. The summed E-state index contributed by atoms with van der Waals surface area (Å²) in [5, 5.41) is 11.9. The van der Waals surface area contributed by atoms with Crippen molar-refractivity contribution in [1.29, 1.82) is 0 Å². The zero-order chi connectivity index (χ0) is 14.9. The van der Waals surface area contributed by atoms with Crippen LogP contribution in [0.4, 0.5) is 0 Å². The van der Waals surface area contributed by atoms with E-state index in [1.165, 1.54) is 6.07 Å². The number of sulfonamides is 1. The van der Waals surface area contributed by atoms with Gasteiger partial charge in [-0.15, -0.1) is 0 Å².